The summed E-state index contributed by atoms with van der Waals surface area (Å²) >= 11 is 0. The zero-order valence-electron chi connectivity index (χ0n) is 15.8. The van der Waals surface area contributed by atoms with Gasteiger partial charge in [0, 0.05) is 0 Å². The Hall–Kier alpha value is -2.05. The number of benzene rings is 2. The first-order valence-electron chi connectivity index (χ1n) is 9.22. The second-order valence-electron chi connectivity index (χ2n) is 6.83. The highest BCUT2D eigenvalue weighted by Crippen LogP contribution is 2.40. The first-order chi connectivity index (χ1) is 12.8. The quantitative estimate of drug-likeness (QED) is 0.459. The predicted octanol–water partition coefficient (Wildman–Crippen LogP) is 4.52. The lowest BCUT2D eigenvalue weighted by atomic mass is 9.77. The summed E-state index contributed by atoms with van der Waals surface area (Å²) in [7, 11) is -3.40. The average molecular weight is 393 g/mol. The maximum Gasteiger partial charge on any atom is 0.264 e. The second kappa shape index (κ2) is 9.76. The van der Waals surface area contributed by atoms with Crippen LogP contribution in [0, 0.1) is 0 Å². The molecule has 0 spiro atoms. The van der Waals surface area contributed by atoms with Gasteiger partial charge in [0.2, 0.25) is 0 Å². The molecule has 0 aliphatic carbocycles. The Morgan fingerprint density at radius 3 is 1.78 bits per heavy atom. The lowest BCUT2D eigenvalue weighted by Gasteiger charge is -2.27. The van der Waals surface area contributed by atoms with Crippen molar-refractivity contribution in [3.63, 3.8) is 0 Å². The van der Waals surface area contributed by atoms with Gasteiger partial charge in [0.1, 0.15) is 11.5 Å². The van der Waals surface area contributed by atoms with Crippen LogP contribution in [-0.4, -0.2) is 31.5 Å². The molecule has 0 saturated carbocycles. The van der Waals surface area contributed by atoms with E-state index in [2.05, 4.69) is 6.92 Å². The van der Waals surface area contributed by atoms with Crippen molar-refractivity contribution in [3.05, 3.63) is 59.7 Å². The Balaban J connectivity index is 2.15. The van der Waals surface area contributed by atoms with Crippen molar-refractivity contribution in [3.8, 4) is 11.5 Å². The molecule has 5 nitrogen and oxygen atoms in total. The van der Waals surface area contributed by atoms with Crippen molar-refractivity contribution in [2.45, 2.75) is 44.4 Å². The molecule has 0 aliphatic heterocycles. The van der Waals surface area contributed by atoms with Gasteiger partial charge in [-0.25, -0.2) is 0 Å². The van der Waals surface area contributed by atoms with Gasteiger partial charge in [-0.2, -0.15) is 8.42 Å². The fourth-order valence-corrected chi connectivity index (χ4v) is 3.89. The van der Waals surface area contributed by atoms with E-state index in [-0.39, 0.29) is 29.9 Å². The largest absolute Gasteiger partial charge is 0.508 e. The molecule has 2 N–H and O–H groups in total. The third kappa shape index (κ3) is 6.88. The van der Waals surface area contributed by atoms with E-state index in [0.717, 1.165) is 36.6 Å². The van der Waals surface area contributed by atoms with E-state index in [1.165, 1.54) is 0 Å². The van der Waals surface area contributed by atoms with E-state index in [1.54, 1.807) is 24.3 Å². The summed E-state index contributed by atoms with van der Waals surface area (Å²) in [6.07, 6.45) is 4.35. The minimum absolute atomic E-state index is 0.192. The first kappa shape index (κ1) is 21.3. The second-order valence-corrected chi connectivity index (χ2v) is 8.47. The van der Waals surface area contributed by atoms with Gasteiger partial charge in [0.25, 0.3) is 10.1 Å². The highest BCUT2D eigenvalue weighted by Gasteiger charge is 2.23. The van der Waals surface area contributed by atoms with E-state index in [0.29, 0.717) is 6.42 Å². The maximum absolute atomic E-state index is 11.1. The molecule has 0 unspecified atom stereocenters. The van der Waals surface area contributed by atoms with Gasteiger partial charge in [0.15, 0.2) is 0 Å². The molecular weight excluding hydrogens is 364 g/mol. The minimum atomic E-state index is -3.40. The minimum Gasteiger partial charge on any atom is -0.508 e. The van der Waals surface area contributed by atoms with Crippen LogP contribution in [-0.2, 0) is 14.3 Å². The molecule has 0 amide bonds. The summed E-state index contributed by atoms with van der Waals surface area (Å²) in [5.74, 6) is 0.953. The van der Waals surface area contributed by atoms with Crippen molar-refractivity contribution in [2.24, 2.45) is 0 Å². The van der Waals surface area contributed by atoms with Crippen LogP contribution in [0.2, 0.25) is 0 Å². The van der Waals surface area contributed by atoms with Gasteiger partial charge in [-0.05, 0) is 66.5 Å². The van der Waals surface area contributed by atoms with Crippen molar-refractivity contribution in [1.82, 2.24) is 0 Å². The first-order valence-corrected chi connectivity index (χ1v) is 11.0. The normalized spacial score (nSPS) is 14.0. The van der Waals surface area contributed by atoms with Crippen molar-refractivity contribution in [1.29, 1.82) is 0 Å². The van der Waals surface area contributed by atoms with E-state index in [1.807, 2.05) is 24.3 Å². The molecule has 148 valence electrons. The molecule has 0 aliphatic rings. The summed E-state index contributed by atoms with van der Waals surface area (Å²) in [4.78, 5) is 0. The predicted molar refractivity (Wildman–Crippen MR) is 107 cm³/mol. The number of aromatic hydroxyl groups is 2. The summed E-state index contributed by atoms with van der Waals surface area (Å²) in [5, 5.41) is 19.2. The molecule has 0 fully saturated rings. The lowest BCUT2D eigenvalue weighted by molar-refractivity contribution is 0.306. The van der Waals surface area contributed by atoms with Gasteiger partial charge in [-0.1, -0.05) is 37.6 Å². The Labute approximate surface area is 161 Å². The Morgan fingerprint density at radius 1 is 0.852 bits per heavy atom. The fraction of sp³-hybridized carbons (Fsp3) is 0.429. The number of rotatable bonds is 10. The topological polar surface area (TPSA) is 83.8 Å². The smallest absolute Gasteiger partial charge is 0.264 e. The number of phenols is 2. The molecular formula is C21H28O5S. The standard InChI is InChI=1S/C21H28O5S/c1-3-20(16-7-11-18(22)12-8-16)21(17-9-13-19(23)14-10-17)6-4-5-15-26-27(2,24)25/h7-14,20-23H,3-6,15H2,1-2H3/t20-,21+/m0/s1. The monoisotopic (exact) mass is 392 g/mol. The van der Waals surface area contributed by atoms with Crippen molar-refractivity contribution in [2.75, 3.05) is 12.9 Å². The van der Waals surface area contributed by atoms with Gasteiger partial charge >= 0.3 is 0 Å². The van der Waals surface area contributed by atoms with Gasteiger partial charge in [0.05, 0.1) is 12.9 Å². The zero-order valence-corrected chi connectivity index (χ0v) is 16.7. The third-order valence-electron chi connectivity index (χ3n) is 4.77. The van der Waals surface area contributed by atoms with E-state index in [9.17, 15) is 18.6 Å². The van der Waals surface area contributed by atoms with E-state index >= 15 is 0 Å². The van der Waals surface area contributed by atoms with Crippen LogP contribution in [0.15, 0.2) is 48.5 Å². The fourth-order valence-electron chi connectivity index (χ4n) is 3.47. The maximum atomic E-state index is 11.1. The number of hydrogen-bond acceptors (Lipinski definition) is 5. The molecule has 2 atom stereocenters. The number of unbranched alkanes of at least 4 members (excludes halogenated alkanes) is 1. The van der Waals surface area contributed by atoms with Crippen molar-refractivity contribution >= 4 is 10.1 Å². The number of phenolic OH excluding ortho intramolecular Hbond substituents is 2. The zero-order chi connectivity index (χ0) is 19.9. The lowest BCUT2D eigenvalue weighted by Crippen LogP contribution is -2.12. The Morgan fingerprint density at radius 2 is 1.33 bits per heavy atom. The molecule has 0 aromatic heterocycles. The summed E-state index contributed by atoms with van der Waals surface area (Å²) in [5.41, 5.74) is 2.29. The molecule has 0 heterocycles. The van der Waals surface area contributed by atoms with Gasteiger partial charge < -0.3 is 10.2 Å². The molecule has 2 aromatic carbocycles. The molecule has 27 heavy (non-hydrogen) atoms. The SMILES string of the molecule is CC[C@@H](c1ccc(O)cc1)[C@H](CCCCOS(C)(=O)=O)c1ccc(O)cc1. The highest BCUT2D eigenvalue weighted by molar-refractivity contribution is 7.85. The van der Waals surface area contributed by atoms with Crippen molar-refractivity contribution < 1.29 is 22.8 Å². The van der Waals surface area contributed by atoms with Crippen LogP contribution in [0.4, 0.5) is 0 Å². The van der Waals surface area contributed by atoms with Crippen LogP contribution >= 0.6 is 0 Å². The van der Waals surface area contributed by atoms with E-state index in [4.69, 9.17) is 4.18 Å². The molecule has 2 aromatic rings. The van der Waals surface area contributed by atoms with Crippen LogP contribution in [0.3, 0.4) is 0 Å². The summed E-state index contributed by atoms with van der Waals surface area (Å²) in [6.45, 7) is 2.33. The van der Waals surface area contributed by atoms with Crippen LogP contribution in [0.1, 0.15) is 55.6 Å². The number of hydrogen-bond donors (Lipinski definition) is 2. The molecule has 0 bridgehead atoms. The average Bonchev–Trinajstić information content (AvgIpc) is 2.62. The van der Waals surface area contributed by atoms with Crippen LogP contribution < -0.4 is 0 Å². The highest BCUT2D eigenvalue weighted by atomic mass is 32.2. The summed E-state index contributed by atoms with van der Waals surface area (Å²) < 4.78 is 27.0. The Bertz CT molecular complexity index is 797. The third-order valence-corrected chi connectivity index (χ3v) is 5.37. The van der Waals surface area contributed by atoms with Crippen LogP contribution in [0.25, 0.3) is 0 Å². The molecule has 0 radical (unpaired) electrons. The molecule has 6 heteroatoms. The Kier molecular flexibility index (Phi) is 7.68. The van der Waals surface area contributed by atoms with Crippen LogP contribution in [0.5, 0.6) is 11.5 Å². The summed E-state index contributed by atoms with van der Waals surface area (Å²) in [6, 6.07) is 14.6. The van der Waals surface area contributed by atoms with Gasteiger partial charge in [-0.3, -0.25) is 4.18 Å². The molecule has 0 saturated heterocycles. The molecule has 2 rings (SSSR count). The van der Waals surface area contributed by atoms with E-state index < -0.39 is 10.1 Å². The van der Waals surface area contributed by atoms with Gasteiger partial charge in [-0.15, -0.1) is 0 Å².